The Morgan fingerprint density at radius 1 is 0.615 bits per heavy atom. The summed E-state index contributed by atoms with van der Waals surface area (Å²) < 4.78 is 0. The average molecular weight is 539 g/mol. The molecule has 0 saturated carbocycles. The fourth-order valence-corrected chi connectivity index (χ4v) is 4.40. The van der Waals surface area contributed by atoms with Gasteiger partial charge in [0.1, 0.15) is 0 Å². The number of nitrogens with two attached hydrogens (primary N) is 1. The fourth-order valence-electron chi connectivity index (χ4n) is 4.40. The normalized spacial score (nSPS) is 11.6. The predicted octanol–water partition coefficient (Wildman–Crippen LogP) is 5.34. The number of hydrazine groups is 3. The minimum atomic E-state index is 0. The van der Waals surface area contributed by atoms with Gasteiger partial charge in [-0.25, -0.2) is 15.4 Å². The molecule has 0 radical (unpaired) electrons. The summed E-state index contributed by atoms with van der Waals surface area (Å²) >= 11 is 0. The van der Waals surface area contributed by atoms with E-state index in [1.54, 1.807) is 0 Å². The molecule has 0 atom stereocenters. The summed E-state index contributed by atoms with van der Waals surface area (Å²) in [5.74, 6) is 5.01. The summed E-state index contributed by atoms with van der Waals surface area (Å²) in [7, 11) is 0. The Morgan fingerprint density at radius 2 is 1.00 bits per heavy atom. The molecule has 9 heteroatoms. The zero-order valence-electron chi connectivity index (χ0n) is 22.3. The number of nitrogens with one attached hydrogen (secondary N) is 5. The molecule has 0 aliphatic carbocycles. The summed E-state index contributed by atoms with van der Waals surface area (Å²) in [5.41, 5.74) is 15.8. The van der Waals surface area contributed by atoms with Crippen LogP contribution in [0, 0.1) is 0 Å². The molecule has 3 aromatic heterocycles. The third-order valence-corrected chi connectivity index (χ3v) is 6.36. The molecule has 0 aromatic carbocycles. The Morgan fingerprint density at radius 3 is 1.38 bits per heavy atom. The maximum atomic E-state index is 5.01. The number of fused-ring (bicyclic) bond motifs is 8. The third kappa shape index (κ3) is 10.7. The van der Waals surface area contributed by atoms with Crippen LogP contribution in [0.15, 0.2) is 48.5 Å². The lowest BCUT2D eigenvalue weighted by Crippen LogP contribution is -2.47. The first-order valence-electron chi connectivity index (χ1n) is 13.7. The zero-order valence-corrected chi connectivity index (χ0v) is 22.3. The molecule has 8 bridgehead atoms. The molecule has 2 aliphatic rings. The van der Waals surface area contributed by atoms with E-state index in [2.05, 4.69) is 67.6 Å². The van der Waals surface area contributed by atoms with E-state index in [0.717, 1.165) is 51.4 Å². The summed E-state index contributed by atoms with van der Waals surface area (Å²) in [6, 6.07) is 16.4. The van der Waals surface area contributed by atoms with Crippen molar-refractivity contribution in [3.63, 3.8) is 0 Å². The van der Waals surface area contributed by atoms with Gasteiger partial charge in [-0.3, -0.25) is 5.84 Å². The molecule has 204 valence electrons. The van der Waals surface area contributed by atoms with E-state index in [1.165, 1.54) is 51.4 Å². The van der Waals surface area contributed by atoms with Crippen molar-refractivity contribution < 1.29 is 0 Å². The monoisotopic (exact) mass is 538 g/mol. The van der Waals surface area contributed by atoms with Crippen LogP contribution in [0.2, 0.25) is 0 Å². The Bertz CT molecular complexity index is 1190. The minimum absolute atomic E-state index is 0. The molecule has 39 heavy (non-hydrogen) atoms. The lowest BCUT2D eigenvalue weighted by atomic mass is 10.1. The van der Waals surface area contributed by atoms with Crippen LogP contribution in [-0.2, 0) is 0 Å². The minimum Gasteiger partial charge on any atom is -0.355 e. The SMILES string of the molecule is C1=Cc2cc3ccc(cc4nc(cc5ccc(cc1n2)[nH]5)C=C4)[nH]3.CCCCCCCCCCNNNN.[MgH2]. The zero-order chi connectivity index (χ0) is 26.4. The molecule has 2 aliphatic heterocycles. The van der Waals surface area contributed by atoms with Crippen molar-refractivity contribution in [3.8, 4) is 0 Å². The average Bonchev–Trinajstić information content (AvgIpc) is 3.72. The number of nitrogens with zero attached hydrogens (tertiary/aromatic N) is 2. The van der Waals surface area contributed by atoms with Gasteiger partial charge < -0.3 is 9.97 Å². The highest BCUT2D eigenvalue weighted by molar-refractivity contribution is 5.77. The van der Waals surface area contributed by atoms with Gasteiger partial charge in [-0.15, -0.1) is 0 Å². The van der Waals surface area contributed by atoms with Crippen molar-refractivity contribution in [2.24, 2.45) is 5.84 Å². The molecule has 0 saturated heterocycles. The van der Waals surface area contributed by atoms with Crippen molar-refractivity contribution in [1.29, 1.82) is 0 Å². The number of rotatable bonds is 11. The predicted molar refractivity (Wildman–Crippen MR) is 168 cm³/mol. The van der Waals surface area contributed by atoms with Crippen molar-refractivity contribution in [3.05, 3.63) is 71.3 Å². The molecular weight excluding hydrogens is 497 g/mol. The standard InChI is InChI=1S/C20H14N4.C10H26N4.Mg.2H/c1-2-14-10-16-5-6-18(23-16)12-20-8-7-19(24-20)11-17-4-3-15(22-17)9-13(1)21-14;1-2-3-4-5-6-7-8-9-10-12-14-13-11;;;/h1-12,21,24H;12-14H,2-11H2,1H3;;;. The molecule has 5 rings (SSSR count). The van der Waals surface area contributed by atoms with E-state index in [9.17, 15) is 0 Å². The molecule has 8 nitrogen and oxygen atoms in total. The Kier molecular flexibility index (Phi) is 13.4. The highest BCUT2D eigenvalue weighted by atomic mass is 24.3. The largest absolute Gasteiger partial charge is 0.355 e. The van der Waals surface area contributed by atoms with Crippen molar-refractivity contribution in [2.45, 2.75) is 58.3 Å². The van der Waals surface area contributed by atoms with Gasteiger partial charge in [0, 0.05) is 28.6 Å². The van der Waals surface area contributed by atoms with E-state index >= 15 is 0 Å². The topological polar surface area (TPSA) is 119 Å². The van der Waals surface area contributed by atoms with Gasteiger partial charge >= 0.3 is 23.1 Å². The third-order valence-electron chi connectivity index (χ3n) is 6.36. The van der Waals surface area contributed by atoms with Crippen LogP contribution in [0.1, 0.15) is 81.1 Å². The van der Waals surface area contributed by atoms with Gasteiger partial charge in [0.2, 0.25) is 0 Å². The van der Waals surface area contributed by atoms with E-state index in [1.807, 2.05) is 48.6 Å². The van der Waals surface area contributed by atoms with Gasteiger partial charge in [0.25, 0.3) is 0 Å². The molecule has 5 heterocycles. The number of unbranched alkanes of at least 4 members (excludes halogenated alkanes) is 7. The van der Waals surface area contributed by atoms with Crippen LogP contribution in [0.5, 0.6) is 0 Å². The summed E-state index contributed by atoms with van der Waals surface area (Å²) in [6.07, 6.45) is 18.9. The maximum absolute atomic E-state index is 5.01. The lowest BCUT2D eigenvalue weighted by Gasteiger charge is -2.04. The number of aromatic nitrogens is 4. The second kappa shape index (κ2) is 17.0. The summed E-state index contributed by atoms with van der Waals surface area (Å²) in [6.45, 7) is 3.23. The number of hydrogen-bond donors (Lipinski definition) is 6. The Balaban J connectivity index is 0.000000245. The van der Waals surface area contributed by atoms with E-state index in [0.29, 0.717) is 0 Å². The van der Waals surface area contributed by atoms with Crippen LogP contribution in [0.4, 0.5) is 0 Å². The number of aromatic amines is 2. The highest BCUT2D eigenvalue weighted by Crippen LogP contribution is 2.17. The quantitative estimate of drug-likeness (QED) is 0.0584. The van der Waals surface area contributed by atoms with E-state index in [-0.39, 0.29) is 23.1 Å². The molecule has 0 fully saturated rings. The van der Waals surface area contributed by atoms with E-state index < -0.39 is 0 Å². The highest BCUT2D eigenvalue weighted by Gasteiger charge is 2.01. The molecule has 3 aromatic rings. The smallest absolute Gasteiger partial charge is 0.316 e. The number of H-pyrrole nitrogens is 2. The first kappa shape index (κ1) is 30.7. The lowest BCUT2D eigenvalue weighted by molar-refractivity contribution is 0.431. The van der Waals surface area contributed by atoms with Crippen molar-refractivity contribution >= 4 is 69.4 Å². The first-order valence-corrected chi connectivity index (χ1v) is 13.7. The maximum Gasteiger partial charge on any atom is 0.316 e. The number of hydrogen-bond acceptors (Lipinski definition) is 6. The van der Waals surface area contributed by atoms with E-state index in [4.69, 9.17) is 5.84 Å². The second-order valence-electron chi connectivity index (χ2n) is 9.58. The molecule has 0 amide bonds. The van der Waals surface area contributed by atoms with Gasteiger partial charge in [-0.1, -0.05) is 51.9 Å². The van der Waals surface area contributed by atoms with Crippen LogP contribution in [0.25, 0.3) is 46.4 Å². The molecule has 7 N–H and O–H groups in total. The van der Waals surface area contributed by atoms with Gasteiger partial charge in [0.05, 0.1) is 22.8 Å². The van der Waals surface area contributed by atoms with Gasteiger partial charge in [-0.2, -0.15) is 11.1 Å². The summed E-state index contributed by atoms with van der Waals surface area (Å²) in [4.78, 5) is 16.0. The second-order valence-corrected chi connectivity index (χ2v) is 9.58. The van der Waals surface area contributed by atoms with Gasteiger partial charge in [0.15, 0.2) is 0 Å². The van der Waals surface area contributed by atoms with Crippen LogP contribution < -0.4 is 22.3 Å². The first-order chi connectivity index (χ1) is 18.7. The summed E-state index contributed by atoms with van der Waals surface area (Å²) in [5, 5.41) is 0. The van der Waals surface area contributed by atoms with Crippen molar-refractivity contribution in [1.82, 2.24) is 36.4 Å². The van der Waals surface area contributed by atoms with Crippen LogP contribution >= 0.6 is 0 Å². The molecular formula is C30H42MgN8. The Hall–Kier alpha value is -2.79. The van der Waals surface area contributed by atoms with Crippen LogP contribution in [0.3, 0.4) is 0 Å². The fraction of sp³-hybridized carbons (Fsp3) is 0.333. The Labute approximate surface area is 247 Å². The van der Waals surface area contributed by atoms with Crippen molar-refractivity contribution in [2.75, 3.05) is 6.54 Å². The molecule has 0 spiro atoms. The van der Waals surface area contributed by atoms with Gasteiger partial charge in [-0.05, 0) is 79.3 Å². The molecule has 0 unspecified atom stereocenters. The van der Waals surface area contributed by atoms with Crippen LogP contribution in [-0.4, -0.2) is 49.5 Å².